The van der Waals surface area contributed by atoms with Gasteiger partial charge in [0.1, 0.15) is 5.82 Å². The molecule has 1 aromatic heterocycles. The predicted molar refractivity (Wildman–Crippen MR) is 123 cm³/mol. The zero-order valence-electron chi connectivity index (χ0n) is 16.0. The Bertz CT molecular complexity index is 1300. The van der Waals surface area contributed by atoms with E-state index < -0.39 is 16.9 Å². The molecule has 4 rings (SSSR count). The average Bonchev–Trinajstić information content (AvgIpc) is 2.75. The highest BCUT2D eigenvalue weighted by Crippen LogP contribution is 2.30. The first-order chi connectivity index (χ1) is 14.9. The smallest absolute Gasteiger partial charge is 0.279 e. The molecule has 156 valence electrons. The summed E-state index contributed by atoms with van der Waals surface area (Å²) in [4.78, 5) is 13.5. The standard InChI is InChI=1S/C23H16BrFN2O3S/c24-18-7-11-20(12-8-18)27-23(28)22(17-5-9-19(25)10-6-17)21(13-26-27)16-3-1-15(2-4-16)14-31(29)30/h1-13H,14H2,(H,29,30). The van der Waals surface area contributed by atoms with Gasteiger partial charge in [0.05, 0.1) is 23.2 Å². The van der Waals surface area contributed by atoms with Gasteiger partial charge in [-0.15, -0.1) is 0 Å². The third-order valence-corrected chi connectivity index (χ3v) is 5.85. The Morgan fingerprint density at radius 1 is 0.935 bits per heavy atom. The van der Waals surface area contributed by atoms with Crippen LogP contribution >= 0.6 is 15.9 Å². The lowest BCUT2D eigenvalue weighted by Gasteiger charge is -2.13. The second-order valence-corrected chi connectivity index (χ2v) is 8.64. The van der Waals surface area contributed by atoms with Crippen molar-refractivity contribution in [1.82, 2.24) is 9.78 Å². The van der Waals surface area contributed by atoms with Crippen molar-refractivity contribution in [1.29, 1.82) is 0 Å². The minimum Gasteiger partial charge on any atom is -0.306 e. The van der Waals surface area contributed by atoms with Gasteiger partial charge in [-0.25, -0.2) is 8.60 Å². The van der Waals surface area contributed by atoms with Crippen LogP contribution in [0, 0.1) is 5.82 Å². The van der Waals surface area contributed by atoms with E-state index >= 15 is 0 Å². The van der Waals surface area contributed by atoms with Crippen LogP contribution in [-0.4, -0.2) is 18.5 Å². The number of nitrogens with zero attached hydrogens (tertiary/aromatic N) is 2. The number of aromatic nitrogens is 2. The molecule has 5 nitrogen and oxygen atoms in total. The van der Waals surface area contributed by atoms with Crippen molar-refractivity contribution in [3.63, 3.8) is 0 Å². The quantitative estimate of drug-likeness (QED) is 0.384. The first kappa shape index (κ1) is 21.3. The summed E-state index contributed by atoms with van der Waals surface area (Å²) in [7, 11) is 0. The van der Waals surface area contributed by atoms with Gasteiger partial charge in [0.15, 0.2) is 11.1 Å². The Labute approximate surface area is 188 Å². The zero-order valence-corrected chi connectivity index (χ0v) is 18.4. The van der Waals surface area contributed by atoms with Gasteiger partial charge in [0.2, 0.25) is 0 Å². The lowest BCUT2D eigenvalue weighted by Crippen LogP contribution is -2.23. The van der Waals surface area contributed by atoms with Gasteiger partial charge in [0, 0.05) is 10.0 Å². The van der Waals surface area contributed by atoms with E-state index in [1.165, 1.54) is 16.8 Å². The van der Waals surface area contributed by atoms with E-state index in [4.69, 9.17) is 4.55 Å². The van der Waals surface area contributed by atoms with Crippen molar-refractivity contribution in [2.75, 3.05) is 0 Å². The van der Waals surface area contributed by atoms with E-state index in [1.54, 1.807) is 54.7 Å². The molecule has 0 amide bonds. The van der Waals surface area contributed by atoms with Crippen LogP contribution in [0.2, 0.25) is 0 Å². The van der Waals surface area contributed by atoms with Crippen molar-refractivity contribution in [3.8, 4) is 27.9 Å². The molecule has 0 saturated carbocycles. The van der Waals surface area contributed by atoms with Gasteiger partial charge < -0.3 is 4.55 Å². The molecular formula is C23H16BrFN2O3S. The molecule has 0 bridgehead atoms. The summed E-state index contributed by atoms with van der Waals surface area (Å²) in [6, 6.07) is 19.9. The summed E-state index contributed by atoms with van der Waals surface area (Å²) in [5.74, 6) is -0.372. The van der Waals surface area contributed by atoms with E-state index in [9.17, 15) is 13.4 Å². The molecule has 1 N–H and O–H groups in total. The Hall–Kier alpha value is -2.94. The van der Waals surface area contributed by atoms with Gasteiger partial charge >= 0.3 is 0 Å². The number of halogens is 2. The summed E-state index contributed by atoms with van der Waals surface area (Å²) in [6.45, 7) is 0. The average molecular weight is 499 g/mol. The fourth-order valence-corrected chi connectivity index (χ4v) is 4.00. The molecule has 0 spiro atoms. The van der Waals surface area contributed by atoms with Crippen molar-refractivity contribution >= 4 is 27.0 Å². The van der Waals surface area contributed by atoms with Crippen molar-refractivity contribution in [3.05, 3.63) is 105 Å². The molecule has 0 fully saturated rings. The molecule has 0 aliphatic carbocycles. The highest BCUT2D eigenvalue weighted by atomic mass is 79.9. The molecule has 31 heavy (non-hydrogen) atoms. The second kappa shape index (κ2) is 9.05. The minimum atomic E-state index is -1.94. The Morgan fingerprint density at radius 3 is 2.16 bits per heavy atom. The first-order valence-electron chi connectivity index (χ1n) is 9.23. The summed E-state index contributed by atoms with van der Waals surface area (Å²) in [6.07, 6.45) is 1.60. The Balaban J connectivity index is 1.89. The maximum absolute atomic E-state index is 13.5. The number of rotatable bonds is 5. The summed E-state index contributed by atoms with van der Waals surface area (Å²) in [5.41, 5.74) is 3.22. The summed E-state index contributed by atoms with van der Waals surface area (Å²) >= 11 is 1.44. The van der Waals surface area contributed by atoms with E-state index in [-0.39, 0.29) is 11.3 Å². The van der Waals surface area contributed by atoms with Crippen LogP contribution < -0.4 is 5.56 Å². The van der Waals surface area contributed by atoms with Crippen LogP contribution in [0.1, 0.15) is 5.56 Å². The van der Waals surface area contributed by atoms with E-state index in [1.807, 2.05) is 12.1 Å². The summed E-state index contributed by atoms with van der Waals surface area (Å²) in [5, 5.41) is 4.36. The molecule has 8 heteroatoms. The van der Waals surface area contributed by atoms with E-state index in [0.717, 1.165) is 10.0 Å². The van der Waals surface area contributed by atoms with Crippen LogP contribution in [-0.2, 0) is 16.8 Å². The fourth-order valence-electron chi connectivity index (χ4n) is 3.26. The van der Waals surface area contributed by atoms with Gasteiger partial charge in [-0.05, 0) is 53.1 Å². The molecule has 0 saturated heterocycles. The zero-order chi connectivity index (χ0) is 22.0. The molecule has 0 aliphatic rings. The van der Waals surface area contributed by atoms with Crippen LogP contribution in [0.15, 0.2) is 88.3 Å². The highest BCUT2D eigenvalue weighted by Gasteiger charge is 2.16. The lowest BCUT2D eigenvalue weighted by atomic mass is 9.96. The van der Waals surface area contributed by atoms with Crippen molar-refractivity contribution in [2.24, 2.45) is 0 Å². The SMILES string of the molecule is O=c1c(-c2ccc(F)cc2)c(-c2ccc(CS(=O)O)cc2)cnn1-c1ccc(Br)cc1. The molecule has 0 aliphatic heterocycles. The first-order valence-corrected chi connectivity index (χ1v) is 11.3. The Morgan fingerprint density at radius 2 is 1.55 bits per heavy atom. The molecule has 3 aromatic carbocycles. The molecule has 1 heterocycles. The molecular weight excluding hydrogens is 483 g/mol. The van der Waals surface area contributed by atoms with Crippen LogP contribution in [0.25, 0.3) is 27.9 Å². The predicted octanol–water partition coefficient (Wildman–Crippen LogP) is 5.19. The van der Waals surface area contributed by atoms with E-state index in [2.05, 4.69) is 21.0 Å². The van der Waals surface area contributed by atoms with Gasteiger partial charge in [-0.1, -0.05) is 52.3 Å². The molecule has 1 unspecified atom stereocenters. The maximum atomic E-state index is 13.5. The number of hydrogen-bond acceptors (Lipinski definition) is 3. The normalized spacial score (nSPS) is 12.0. The van der Waals surface area contributed by atoms with Gasteiger partial charge in [0.25, 0.3) is 5.56 Å². The summed E-state index contributed by atoms with van der Waals surface area (Å²) < 4.78 is 35.8. The number of hydrogen-bond donors (Lipinski definition) is 1. The second-order valence-electron chi connectivity index (χ2n) is 6.80. The Kier molecular flexibility index (Phi) is 6.22. The van der Waals surface area contributed by atoms with Crippen molar-refractivity contribution in [2.45, 2.75) is 5.75 Å². The molecule has 1 atom stereocenters. The maximum Gasteiger partial charge on any atom is 0.279 e. The van der Waals surface area contributed by atoms with Crippen LogP contribution in [0.5, 0.6) is 0 Å². The third kappa shape index (κ3) is 4.71. The lowest BCUT2D eigenvalue weighted by molar-refractivity contribution is 0.563. The van der Waals surface area contributed by atoms with Gasteiger partial charge in [-0.3, -0.25) is 4.79 Å². The van der Waals surface area contributed by atoms with E-state index in [0.29, 0.717) is 27.9 Å². The number of benzene rings is 3. The fraction of sp³-hybridized carbons (Fsp3) is 0.0435. The monoisotopic (exact) mass is 498 g/mol. The topological polar surface area (TPSA) is 72.2 Å². The third-order valence-electron chi connectivity index (χ3n) is 4.74. The van der Waals surface area contributed by atoms with Crippen molar-refractivity contribution < 1.29 is 13.2 Å². The van der Waals surface area contributed by atoms with Crippen LogP contribution in [0.4, 0.5) is 4.39 Å². The largest absolute Gasteiger partial charge is 0.306 e. The molecule has 4 aromatic rings. The van der Waals surface area contributed by atoms with Gasteiger partial charge in [-0.2, -0.15) is 9.78 Å². The van der Waals surface area contributed by atoms with Crippen LogP contribution in [0.3, 0.4) is 0 Å². The minimum absolute atomic E-state index is 0.0223. The molecule has 0 radical (unpaired) electrons. The highest BCUT2D eigenvalue weighted by molar-refractivity contribution is 9.10.